The lowest BCUT2D eigenvalue weighted by molar-refractivity contribution is -0.131. The normalized spacial score (nSPS) is 15.7. The summed E-state index contributed by atoms with van der Waals surface area (Å²) in [7, 11) is 0. The number of hydrogen-bond donors (Lipinski definition) is 1. The van der Waals surface area contributed by atoms with Gasteiger partial charge in [-0.05, 0) is 23.8 Å². The second-order valence-corrected chi connectivity index (χ2v) is 4.76. The summed E-state index contributed by atoms with van der Waals surface area (Å²) < 4.78 is 0. The lowest BCUT2D eigenvalue weighted by Crippen LogP contribution is -2.48. The summed E-state index contributed by atoms with van der Waals surface area (Å²) in [6.45, 7) is 4.74. The number of carboxylic acids is 1. The van der Waals surface area contributed by atoms with E-state index in [9.17, 15) is 9.59 Å². The zero-order chi connectivity index (χ0) is 14.5. The third-order valence-electron chi connectivity index (χ3n) is 3.40. The Morgan fingerprint density at radius 3 is 2.20 bits per heavy atom. The third-order valence-corrected chi connectivity index (χ3v) is 3.40. The van der Waals surface area contributed by atoms with Crippen molar-refractivity contribution in [3.8, 4) is 0 Å². The van der Waals surface area contributed by atoms with E-state index in [1.807, 2.05) is 29.2 Å². The third kappa shape index (κ3) is 3.60. The van der Waals surface area contributed by atoms with Crippen molar-refractivity contribution in [2.45, 2.75) is 6.92 Å². The number of anilines is 1. The number of piperazine rings is 1. The number of carbonyl (C=O) groups excluding carboxylic acids is 1. The second-order valence-electron chi connectivity index (χ2n) is 4.76. The van der Waals surface area contributed by atoms with E-state index < -0.39 is 5.97 Å². The number of aliphatic carboxylic acids is 1. The van der Waals surface area contributed by atoms with E-state index in [0.29, 0.717) is 0 Å². The molecule has 1 N–H and O–H groups in total. The number of nitrogens with zero attached hydrogens (tertiary/aromatic N) is 2. The van der Waals surface area contributed by atoms with Gasteiger partial charge in [0.05, 0.1) is 0 Å². The van der Waals surface area contributed by atoms with E-state index in [2.05, 4.69) is 4.90 Å². The highest BCUT2D eigenvalue weighted by molar-refractivity contribution is 5.85. The van der Waals surface area contributed by atoms with Crippen LogP contribution in [0.4, 0.5) is 5.69 Å². The van der Waals surface area contributed by atoms with Gasteiger partial charge in [-0.15, -0.1) is 0 Å². The molecule has 1 fully saturated rings. The number of hydrogen-bond acceptors (Lipinski definition) is 3. The minimum atomic E-state index is -0.950. The first kappa shape index (κ1) is 14.1. The molecule has 0 spiro atoms. The molecule has 0 unspecified atom stereocenters. The quantitative estimate of drug-likeness (QED) is 0.848. The summed E-state index contributed by atoms with van der Waals surface area (Å²) >= 11 is 0. The average Bonchev–Trinajstić information content (AvgIpc) is 2.46. The Labute approximate surface area is 118 Å². The number of benzene rings is 1. The SMILES string of the molecule is CC(=O)N1CCN(c2ccc(/C=C/C(=O)O)cc2)CC1. The van der Waals surface area contributed by atoms with Crippen molar-refractivity contribution in [3.05, 3.63) is 35.9 Å². The van der Waals surface area contributed by atoms with E-state index in [-0.39, 0.29) is 5.91 Å². The molecule has 106 valence electrons. The monoisotopic (exact) mass is 274 g/mol. The summed E-state index contributed by atoms with van der Waals surface area (Å²) in [4.78, 5) is 25.8. The molecule has 0 radical (unpaired) electrons. The first-order valence-electron chi connectivity index (χ1n) is 6.58. The Balaban J connectivity index is 1.97. The fourth-order valence-corrected chi connectivity index (χ4v) is 2.24. The lowest BCUT2D eigenvalue weighted by Gasteiger charge is -2.35. The Hall–Kier alpha value is -2.30. The van der Waals surface area contributed by atoms with Gasteiger partial charge in [0.15, 0.2) is 0 Å². The minimum Gasteiger partial charge on any atom is -0.478 e. The van der Waals surface area contributed by atoms with Crippen LogP contribution in [0.1, 0.15) is 12.5 Å². The molecule has 1 aliphatic heterocycles. The molecule has 20 heavy (non-hydrogen) atoms. The summed E-state index contributed by atoms with van der Waals surface area (Å²) in [6.07, 6.45) is 2.69. The van der Waals surface area contributed by atoms with Crippen LogP contribution in [0.25, 0.3) is 6.08 Å². The maximum atomic E-state index is 11.3. The number of carbonyl (C=O) groups is 2. The van der Waals surface area contributed by atoms with Gasteiger partial charge in [0.1, 0.15) is 0 Å². The number of amides is 1. The Morgan fingerprint density at radius 1 is 1.10 bits per heavy atom. The van der Waals surface area contributed by atoms with Gasteiger partial charge >= 0.3 is 5.97 Å². The number of carboxylic acid groups (broad SMARTS) is 1. The predicted molar refractivity (Wildman–Crippen MR) is 77.6 cm³/mol. The minimum absolute atomic E-state index is 0.124. The zero-order valence-corrected chi connectivity index (χ0v) is 11.5. The molecule has 0 aliphatic carbocycles. The van der Waals surface area contributed by atoms with Gasteiger partial charge in [-0.3, -0.25) is 4.79 Å². The summed E-state index contributed by atoms with van der Waals surface area (Å²) in [5.41, 5.74) is 1.96. The molecular weight excluding hydrogens is 256 g/mol. The molecular formula is C15H18N2O3. The van der Waals surface area contributed by atoms with Crippen LogP contribution in [0.2, 0.25) is 0 Å². The van der Waals surface area contributed by atoms with Crippen LogP contribution < -0.4 is 4.90 Å². The van der Waals surface area contributed by atoms with Crippen LogP contribution in [0.3, 0.4) is 0 Å². The highest BCUT2D eigenvalue weighted by atomic mass is 16.4. The molecule has 1 amide bonds. The largest absolute Gasteiger partial charge is 0.478 e. The molecule has 5 nitrogen and oxygen atoms in total. The van der Waals surface area contributed by atoms with Gasteiger partial charge < -0.3 is 14.9 Å². The van der Waals surface area contributed by atoms with Gasteiger partial charge in [-0.1, -0.05) is 12.1 Å². The van der Waals surface area contributed by atoms with Crippen LogP contribution in [0.5, 0.6) is 0 Å². The van der Waals surface area contributed by atoms with E-state index in [4.69, 9.17) is 5.11 Å². The standard InChI is InChI=1S/C15H18N2O3/c1-12(18)16-8-10-17(11-9-16)14-5-2-13(3-6-14)4-7-15(19)20/h2-7H,8-11H2,1H3,(H,19,20)/b7-4+. The Morgan fingerprint density at radius 2 is 1.70 bits per heavy atom. The van der Waals surface area contributed by atoms with E-state index in [1.165, 1.54) is 0 Å². The fourth-order valence-electron chi connectivity index (χ4n) is 2.24. The highest BCUT2D eigenvalue weighted by Crippen LogP contribution is 2.18. The Kier molecular flexibility index (Phi) is 4.40. The highest BCUT2D eigenvalue weighted by Gasteiger charge is 2.18. The maximum Gasteiger partial charge on any atom is 0.328 e. The predicted octanol–water partition coefficient (Wildman–Crippen LogP) is 1.45. The molecule has 1 aromatic rings. The van der Waals surface area contributed by atoms with E-state index >= 15 is 0 Å². The molecule has 0 saturated carbocycles. The van der Waals surface area contributed by atoms with Crippen LogP contribution in [0, 0.1) is 0 Å². The molecule has 2 rings (SSSR count). The second kappa shape index (κ2) is 6.23. The van der Waals surface area contributed by atoms with Crippen molar-refractivity contribution in [1.29, 1.82) is 0 Å². The first-order valence-corrected chi connectivity index (χ1v) is 6.58. The van der Waals surface area contributed by atoms with Gasteiger partial charge in [0.25, 0.3) is 0 Å². The van der Waals surface area contributed by atoms with Crippen LogP contribution in [0.15, 0.2) is 30.3 Å². The molecule has 0 aromatic heterocycles. The molecule has 1 heterocycles. The van der Waals surface area contributed by atoms with E-state index in [1.54, 1.807) is 13.0 Å². The van der Waals surface area contributed by atoms with Crippen molar-refractivity contribution < 1.29 is 14.7 Å². The maximum absolute atomic E-state index is 11.3. The van der Waals surface area contributed by atoms with Crippen molar-refractivity contribution in [2.24, 2.45) is 0 Å². The van der Waals surface area contributed by atoms with E-state index in [0.717, 1.165) is 43.5 Å². The van der Waals surface area contributed by atoms with Gasteiger partial charge in [0.2, 0.25) is 5.91 Å². The molecule has 1 aliphatic rings. The topological polar surface area (TPSA) is 60.9 Å². The van der Waals surface area contributed by atoms with Gasteiger partial charge in [-0.2, -0.15) is 0 Å². The van der Waals surface area contributed by atoms with Crippen LogP contribution >= 0.6 is 0 Å². The average molecular weight is 274 g/mol. The Bertz CT molecular complexity index is 514. The van der Waals surface area contributed by atoms with Gasteiger partial charge in [-0.25, -0.2) is 4.79 Å². The van der Waals surface area contributed by atoms with Gasteiger partial charge in [0, 0.05) is 44.9 Å². The van der Waals surface area contributed by atoms with Crippen molar-refractivity contribution in [3.63, 3.8) is 0 Å². The molecule has 1 aromatic carbocycles. The molecule has 5 heteroatoms. The molecule has 0 bridgehead atoms. The first-order chi connectivity index (χ1) is 9.56. The van der Waals surface area contributed by atoms with Crippen LogP contribution in [-0.2, 0) is 9.59 Å². The molecule has 0 atom stereocenters. The fraction of sp³-hybridized carbons (Fsp3) is 0.333. The van der Waals surface area contributed by atoms with Crippen LogP contribution in [-0.4, -0.2) is 48.1 Å². The van der Waals surface area contributed by atoms with Crippen molar-refractivity contribution in [2.75, 3.05) is 31.1 Å². The lowest BCUT2D eigenvalue weighted by atomic mass is 10.1. The summed E-state index contributed by atoms with van der Waals surface area (Å²) in [5, 5.41) is 8.58. The zero-order valence-electron chi connectivity index (χ0n) is 11.5. The molecule has 1 saturated heterocycles. The summed E-state index contributed by atoms with van der Waals surface area (Å²) in [5.74, 6) is -0.826. The van der Waals surface area contributed by atoms with Crippen molar-refractivity contribution in [1.82, 2.24) is 4.90 Å². The number of rotatable bonds is 3. The smallest absolute Gasteiger partial charge is 0.328 e. The summed E-state index contributed by atoms with van der Waals surface area (Å²) in [6, 6.07) is 7.74. The van der Waals surface area contributed by atoms with Crippen molar-refractivity contribution >= 4 is 23.6 Å².